The number of nitrogens with zero attached hydrogens (tertiary/aromatic N) is 1. The topological polar surface area (TPSA) is 55.8 Å². The Bertz CT molecular complexity index is 852. The van der Waals surface area contributed by atoms with E-state index in [4.69, 9.17) is 9.47 Å². The molecule has 0 saturated carbocycles. The lowest BCUT2D eigenvalue weighted by Gasteiger charge is -2.19. The van der Waals surface area contributed by atoms with Gasteiger partial charge in [-0.15, -0.1) is 0 Å². The summed E-state index contributed by atoms with van der Waals surface area (Å²) < 4.78 is 50.7. The lowest BCUT2D eigenvalue weighted by molar-refractivity contribution is 0.362. The fraction of sp³-hybridized carbons (Fsp3) is 0.222. The second-order valence-corrected chi connectivity index (χ2v) is 7.32. The standard InChI is InChI=1S/C18H20FNO4S/c1-4-10-24-16-7-5-6-14(11-16)13-20(2)25(21,22)18-12-15(19)8-9-17(18)23-3/h4-9,11-12H,1,10,13H2,2-3H3. The van der Waals surface area contributed by atoms with E-state index in [0.29, 0.717) is 12.4 Å². The minimum Gasteiger partial charge on any atom is -0.495 e. The zero-order valence-corrected chi connectivity index (χ0v) is 14.9. The summed E-state index contributed by atoms with van der Waals surface area (Å²) in [7, 11) is -1.15. The van der Waals surface area contributed by atoms with Crippen LogP contribution < -0.4 is 9.47 Å². The number of sulfonamides is 1. The maximum Gasteiger partial charge on any atom is 0.246 e. The molecule has 0 aromatic heterocycles. The lowest BCUT2D eigenvalue weighted by Crippen LogP contribution is -2.27. The number of methoxy groups -OCH3 is 1. The second-order valence-electron chi connectivity index (χ2n) is 5.30. The predicted molar refractivity (Wildman–Crippen MR) is 93.7 cm³/mol. The van der Waals surface area contributed by atoms with Crippen LogP contribution in [0.1, 0.15) is 5.56 Å². The highest BCUT2D eigenvalue weighted by atomic mass is 32.2. The van der Waals surface area contributed by atoms with E-state index >= 15 is 0 Å². The average Bonchev–Trinajstić information content (AvgIpc) is 2.60. The summed E-state index contributed by atoms with van der Waals surface area (Å²) in [5.74, 6) is 0.0652. The number of hydrogen-bond acceptors (Lipinski definition) is 4. The Kier molecular flexibility index (Phi) is 6.17. The molecule has 0 unspecified atom stereocenters. The molecular weight excluding hydrogens is 345 g/mol. The van der Waals surface area contributed by atoms with Crippen LogP contribution in [0.4, 0.5) is 4.39 Å². The van der Waals surface area contributed by atoms with Crippen molar-refractivity contribution in [2.24, 2.45) is 0 Å². The van der Waals surface area contributed by atoms with Crippen LogP contribution >= 0.6 is 0 Å². The van der Waals surface area contributed by atoms with Crippen LogP contribution in [0, 0.1) is 5.82 Å². The molecule has 0 aliphatic carbocycles. The summed E-state index contributed by atoms with van der Waals surface area (Å²) >= 11 is 0. The highest BCUT2D eigenvalue weighted by Gasteiger charge is 2.25. The molecule has 134 valence electrons. The van der Waals surface area contributed by atoms with Gasteiger partial charge in [-0.25, -0.2) is 12.8 Å². The Morgan fingerprint density at radius 3 is 2.68 bits per heavy atom. The molecule has 25 heavy (non-hydrogen) atoms. The van der Waals surface area contributed by atoms with Gasteiger partial charge in [0.05, 0.1) is 7.11 Å². The van der Waals surface area contributed by atoms with E-state index in [0.717, 1.165) is 22.0 Å². The van der Waals surface area contributed by atoms with Crippen LogP contribution in [-0.4, -0.2) is 33.5 Å². The quantitative estimate of drug-likeness (QED) is 0.674. The Morgan fingerprint density at radius 2 is 2.00 bits per heavy atom. The molecule has 7 heteroatoms. The maximum absolute atomic E-state index is 13.5. The van der Waals surface area contributed by atoms with Crippen molar-refractivity contribution in [3.05, 3.63) is 66.5 Å². The van der Waals surface area contributed by atoms with Gasteiger partial charge < -0.3 is 9.47 Å². The van der Waals surface area contributed by atoms with Crippen molar-refractivity contribution in [3.8, 4) is 11.5 Å². The molecule has 0 atom stereocenters. The van der Waals surface area contributed by atoms with Gasteiger partial charge in [0.1, 0.15) is 28.8 Å². The summed E-state index contributed by atoms with van der Waals surface area (Å²) in [5.41, 5.74) is 0.739. The average molecular weight is 365 g/mol. The SMILES string of the molecule is C=CCOc1cccc(CN(C)S(=O)(=O)c2cc(F)ccc2OC)c1. The van der Waals surface area contributed by atoms with Crippen LogP contribution in [0.2, 0.25) is 0 Å². The molecular formula is C18H20FNO4S. The first-order valence-electron chi connectivity index (χ1n) is 7.51. The minimum absolute atomic E-state index is 0.0938. The fourth-order valence-electron chi connectivity index (χ4n) is 2.25. The largest absolute Gasteiger partial charge is 0.495 e. The summed E-state index contributed by atoms with van der Waals surface area (Å²) in [4.78, 5) is -0.212. The summed E-state index contributed by atoms with van der Waals surface area (Å²) in [5, 5.41) is 0. The first-order chi connectivity index (χ1) is 11.9. The molecule has 0 bridgehead atoms. The van der Waals surface area contributed by atoms with E-state index in [1.165, 1.54) is 20.2 Å². The van der Waals surface area contributed by atoms with E-state index in [1.807, 2.05) is 0 Å². The van der Waals surface area contributed by atoms with Crippen molar-refractivity contribution in [1.29, 1.82) is 0 Å². The number of hydrogen-bond donors (Lipinski definition) is 0. The van der Waals surface area contributed by atoms with Gasteiger partial charge in [-0.2, -0.15) is 4.31 Å². The van der Waals surface area contributed by atoms with Gasteiger partial charge in [0.15, 0.2) is 0 Å². The van der Waals surface area contributed by atoms with Gasteiger partial charge in [-0.1, -0.05) is 24.8 Å². The van der Waals surface area contributed by atoms with Crippen molar-refractivity contribution in [1.82, 2.24) is 4.31 Å². The Morgan fingerprint density at radius 1 is 1.24 bits per heavy atom. The van der Waals surface area contributed by atoms with E-state index in [1.54, 1.807) is 30.3 Å². The number of ether oxygens (including phenoxy) is 2. The van der Waals surface area contributed by atoms with Crippen molar-refractivity contribution >= 4 is 10.0 Å². The number of rotatable bonds is 8. The van der Waals surface area contributed by atoms with Gasteiger partial charge in [0.25, 0.3) is 0 Å². The third-order valence-corrected chi connectivity index (χ3v) is 5.31. The highest BCUT2D eigenvalue weighted by Crippen LogP contribution is 2.28. The Labute approximate surface area is 147 Å². The number of benzene rings is 2. The molecule has 0 N–H and O–H groups in total. The Balaban J connectivity index is 2.26. The van der Waals surface area contributed by atoms with Gasteiger partial charge in [0, 0.05) is 13.6 Å². The minimum atomic E-state index is -3.92. The van der Waals surface area contributed by atoms with Crippen LogP contribution in [-0.2, 0) is 16.6 Å². The lowest BCUT2D eigenvalue weighted by atomic mass is 10.2. The molecule has 0 fully saturated rings. The first-order valence-corrected chi connectivity index (χ1v) is 8.95. The zero-order chi connectivity index (χ0) is 18.4. The third-order valence-electron chi connectivity index (χ3n) is 3.49. The van der Waals surface area contributed by atoms with E-state index < -0.39 is 15.8 Å². The molecule has 0 aliphatic rings. The molecule has 2 aromatic rings. The van der Waals surface area contributed by atoms with Crippen LogP contribution in [0.25, 0.3) is 0 Å². The van der Waals surface area contributed by atoms with Gasteiger partial charge >= 0.3 is 0 Å². The predicted octanol–water partition coefficient (Wildman–Crippen LogP) is 3.22. The van der Waals surface area contributed by atoms with E-state index in [-0.39, 0.29) is 17.2 Å². The fourth-order valence-corrected chi connectivity index (χ4v) is 3.57. The summed E-state index contributed by atoms with van der Waals surface area (Å²) in [6.07, 6.45) is 1.62. The molecule has 2 aromatic carbocycles. The van der Waals surface area contributed by atoms with Crippen molar-refractivity contribution in [2.45, 2.75) is 11.4 Å². The van der Waals surface area contributed by atoms with Crippen LogP contribution in [0.3, 0.4) is 0 Å². The molecule has 0 saturated heterocycles. The van der Waals surface area contributed by atoms with Crippen molar-refractivity contribution in [3.63, 3.8) is 0 Å². The zero-order valence-electron chi connectivity index (χ0n) is 14.1. The van der Waals surface area contributed by atoms with E-state index in [2.05, 4.69) is 6.58 Å². The monoisotopic (exact) mass is 365 g/mol. The van der Waals surface area contributed by atoms with Gasteiger partial charge in [-0.3, -0.25) is 0 Å². The molecule has 2 rings (SSSR count). The first kappa shape index (κ1) is 19.0. The van der Waals surface area contributed by atoms with Gasteiger partial charge in [0.2, 0.25) is 10.0 Å². The molecule has 0 radical (unpaired) electrons. The molecule has 0 spiro atoms. The maximum atomic E-state index is 13.5. The highest BCUT2D eigenvalue weighted by molar-refractivity contribution is 7.89. The normalized spacial score (nSPS) is 11.4. The molecule has 0 aliphatic heterocycles. The summed E-state index contributed by atoms with van der Waals surface area (Å²) in [6.45, 7) is 4.04. The summed E-state index contributed by atoms with van der Waals surface area (Å²) in [6, 6.07) is 10.5. The Hall–Kier alpha value is -2.38. The van der Waals surface area contributed by atoms with Gasteiger partial charge in [-0.05, 0) is 35.9 Å². The number of halogens is 1. The smallest absolute Gasteiger partial charge is 0.246 e. The molecule has 5 nitrogen and oxygen atoms in total. The van der Waals surface area contributed by atoms with Crippen molar-refractivity contribution in [2.75, 3.05) is 20.8 Å². The van der Waals surface area contributed by atoms with Crippen LogP contribution in [0.15, 0.2) is 60.0 Å². The van der Waals surface area contributed by atoms with Crippen molar-refractivity contribution < 1.29 is 22.3 Å². The third kappa shape index (κ3) is 4.58. The van der Waals surface area contributed by atoms with Crippen LogP contribution in [0.5, 0.6) is 11.5 Å². The molecule has 0 amide bonds. The molecule has 0 heterocycles. The second kappa shape index (κ2) is 8.13. The van der Waals surface area contributed by atoms with E-state index in [9.17, 15) is 12.8 Å².